The molecule has 0 radical (unpaired) electrons. The van der Waals surface area contributed by atoms with Crippen LogP contribution < -0.4 is 19.5 Å². The molecule has 0 spiro atoms. The molecule has 2 aliphatic heterocycles. The lowest BCUT2D eigenvalue weighted by Gasteiger charge is -2.20. The maximum Gasteiger partial charge on any atom is 0.259 e. The Morgan fingerprint density at radius 1 is 1.00 bits per heavy atom. The summed E-state index contributed by atoms with van der Waals surface area (Å²) in [6.45, 7) is 1.12. The molecule has 1 N–H and O–H groups in total. The number of ether oxygens (including phenoxy) is 3. The van der Waals surface area contributed by atoms with E-state index in [0.717, 1.165) is 25.7 Å². The van der Waals surface area contributed by atoms with Gasteiger partial charge in [-0.15, -0.1) is 0 Å². The molecule has 4 rings (SSSR count). The average molecular weight is 432 g/mol. The number of nitrogens with one attached hydrogen (secondary N) is 1. The lowest BCUT2D eigenvalue weighted by Crippen LogP contribution is -2.32. The summed E-state index contributed by atoms with van der Waals surface area (Å²) in [7, 11) is -2.25. The highest BCUT2D eigenvalue weighted by Crippen LogP contribution is 2.34. The second kappa shape index (κ2) is 8.53. The van der Waals surface area contributed by atoms with E-state index in [1.165, 1.54) is 29.6 Å². The molecule has 1 saturated heterocycles. The van der Waals surface area contributed by atoms with Crippen LogP contribution in [0.3, 0.4) is 0 Å². The number of carbonyl (C=O) groups is 1. The molecule has 0 saturated carbocycles. The Hall–Kier alpha value is -2.78. The maximum absolute atomic E-state index is 13.1. The van der Waals surface area contributed by atoms with Crippen molar-refractivity contribution in [1.82, 2.24) is 4.31 Å². The third-order valence-electron chi connectivity index (χ3n) is 5.25. The van der Waals surface area contributed by atoms with Crippen molar-refractivity contribution in [2.45, 2.75) is 30.6 Å². The van der Waals surface area contributed by atoms with Crippen LogP contribution in [0.15, 0.2) is 41.3 Å². The van der Waals surface area contributed by atoms with Crippen LogP contribution in [0.5, 0.6) is 17.2 Å². The standard InChI is InChI=1S/C21H24N2O6S/c1-27-18-9-7-16(30(25,26)23-10-4-2-3-5-11-23)13-17(18)21(24)22-15-6-8-19-20(12-15)29-14-28-19/h6-9,12-13H,2-5,10-11,14H2,1H3,(H,22,24). The fourth-order valence-corrected chi connectivity index (χ4v) is 5.17. The number of sulfonamides is 1. The first-order valence-corrected chi connectivity index (χ1v) is 11.3. The third-order valence-corrected chi connectivity index (χ3v) is 7.14. The number of benzene rings is 2. The summed E-state index contributed by atoms with van der Waals surface area (Å²) in [5, 5.41) is 2.77. The first-order valence-electron chi connectivity index (χ1n) is 9.88. The molecule has 0 aromatic heterocycles. The number of anilines is 1. The van der Waals surface area contributed by atoms with Crippen molar-refractivity contribution in [3.8, 4) is 17.2 Å². The normalized spacial score (nSPS) is 16.7. The van der Waals surface area contributed by atoms with Gasteiger partial charge in [0.2, 0.25) is 16.8 Å². The fraction of sp³-hybridized carbons (Fsp3) is 0.381. The molecule has 0 unspecified atom stereocenters. The fourth-order valence-electron chi connectivity index (χ4n) is 3.63. The molecule has 1 fully saturated rings. The van der Waals surface area contributed by atoms with E-state index in [1.807, 2.05) is 0 Å². The smallest absolute Gasteiger partial charge is 0.259 e. The molecular weight excluding hydrogens is 408 g/mol. The van der Waals surface area contributed by atoms with Gasteiger partial charge in [0.05, 0.1) is 17.6 Å². The molecule has 2 heterocycles. The van der Waals surface area contributed by atoms with Gasteiger partial charge in [0, 0.05) is 24.8 Å². The van der Waals surface area contributed by atoms with E-state index in [2.05, 4.69) is 5.32 Å². The zero-order valence-corrected chi connectivity index (χ0v) is 17.5. The van der Waals surface area contributed by atoms with E-state index < -0.39 is 15.9 Å². The molecule has 160 valence electrons. The van der Waals surface area contributed by atoms with Gasteiger partial charge in [-0.25, -0.2) is 8.42 Å². The summed E-state index contributed by atoms with van der Waals surface area (Å²) in [6.07, 6.45) is 3.73. The van der Waals surface area contributed by atoms with Crippen LogP contribution in [0.4, 0.5) is 5.69 Å². The summed E-state index contributed by atoms with van der Waals surface area (Å²) in [5.41, 5.74) is 0.651. The number of amides is 1. The predicted octanol–water partition coefficient (Wildman–Crippen LogP) is 3.24. The summed E-state index contributed by atoms with van der Waals surface area (Å²) < 4.78 is 43.6. The molecule has 1 amide bonds. The minimum atomic E-state index is -3.69. The Bertz CT molecular complexity index is 1050. The van der Waals surface area contributed by atoms with E-state index in [9.17, 15) is 13.2 Å². The van der Waals surface area contributed by atoms with Gasteiger partial charge in [-0.2, -0.15) is 4.31 Å². The summed E-state index contributed by atoms with van der Waals surface area (Å²) in [6, 6.07) is 9.42. The van der Waals surface area contributed by atoms with Gasteiger partial charge in [0.25, 0.3) is 5.91 Å². The van der Waals surface area contributed by atoms with Crippen LogP contribution in [0.25, 0.3) is 0 Å². The molecule has 0 aliphatic carbocycles. The maximum atomic E-state index is 13.1. The highest BCUT2D eigenvalue weighted by Gasteiger charge is 2.27. The second-order valence-corrected chi connectivity index (χ2v) is 9.14. The van der Waals surface area contributed by atoms with E-state index >= 15 is 0 Å². The van der Waals surface area contributed by atoms with E-state index in [1.54, 1.807) is 18.2 Å². The third kappa shape index (κ3) is 4.08. The molecule has 2 aromatic rings. The number of hydrogen-bond donors (Lipinski definition) is 1. The van der Waals surface area contributed by atoms with Crippen LogP contribution in [-0.4, -0.2) is 45.6 Å². The Kier molecular flexibility index (Phi) is 5.83. The van der Waals surface area contributed by atoms with Crippen molar-refractivity contribution in [1.29, 1.82) is 0 Å². The molecule has 8 nitrogen and oxygen atoms in total. The van der Waals surface area contributed by atoms with Gasteiger partial charge in [-0.3, -0.25) is 4.79 Å². The van der Waals surface area contributed by atoms with Crippen molar-refractivity contribution >= 4 is 21.6 Å². The van der Waals surface area contributed by atoms with Crippen LogP contribution in [0.1, 0.15) is 36.0 Å². The van der Waals surface area contributed by atoms with Crippen LogP contribution in [0.2, 0.25) is 0 Å². The second-order valence-electron chi connectivity index (χ2n) is 7.20. The summed E-state index contributed by atoms with van der Waals surface area (Å²) in [4.78, 5) is 13.0. The Labute approximate surface area is 175 Å². The Balaban J connectivity index is 1.61. The predicted molar refractivity (Wildman–Crippen MR) is 111 cm³/mol. The van der Waals surface area contributed by atoms with E-state index in [0.29, 0.717) is 36.0 Å². The Morgan fingerprint density at radius 3 is 2.47 bits per heavy atom. The van der Waals surface area contributed by atoms with Gasteiger partial charge >= 0.3 is 0 Å². The van der Waals surface area contributed by atoms with Crippen molar-refractivity contribution in [3.63, 3.8) is 0 Å². The average Bonchev–Trinajstić information content (AvgIpc) is 3.03. The van der Waals surface area contributed by atoms with Crippen molar-refractivity contribution in [2.24, 2.45) is 0 Å². The highest BCUT2D eigenvalue weighted by atomic mass is 32.2. The lowest BCUT2D eigenvalue weighted by atomic mass is 10.1. The Morgan fingerprint density at radius 2 is 1.73 bits per heavy atom. The molecule has 30 heavy (non-hydrogen) atoms. The van der Waals surface area contributed by atoms with Gasteiger partial charge in [-0.1, -0.05) is 12.8 Å². The largest absolute Gasteiger partial charge is 0.496 e. The molecule has 2 aliphatic rings. The number of rotatable bonds is 5. The number of carbonyl (C=O) groups excluding carboxylic acids is 1. The van der Waals surface area contributed by atoms with Crippen LogP contribution >= 0.6 is 0 Å². The number of fused-ring (bicyclic) bond motifs is 1. The molecule has 9 heteroatoms. The minimum Gasteiger partial charge on any atom is -0.496 e. The number of methoxy groups -OCH3 is 1. The van der Waals surface area contributed by atoms with E-state index in [-0.39, 0.29) is 17.3 Å². The SMILES string of the molecule is COc1ccc(S(=O)(=O)N2CCCCCC2)cc1C(=O)Nc1ccc2c(c1)OCO2. The molecular formula is C21H24N2O6S. The zero-order valence-electron chi connectivity index (χ0n) is 16.7. The molecule has 0 bridgehead atoms. The zero-order chi connectivity index (χ0) is 21.1. The lowest BCUT2D eigenvalue weighted by molar-refractivity contribution is 0.102. The summed E-state index contributed by atoms with van der Waals surface area (Å²) >= 11 is 0. The molecule has 2 aromatic carbocycles. The van der Waals surface area contributed by atoms with Crippen LogP contribution in [-0.2, 0) is 10.0 Å². The van der Waals surface area contributed by atoms with Crippen LogP contribution in [0, 0.1) is 0 Å². The topological polar surface area (TPSA) is 94.2 Å². The van der Waals surface area contributed by atoms with Crippen molar-refractivity contribution in [3.05, 3.63) is 42.0 Å². The quantitative estimate of drug-likeness (QED) is 0.780. The number of nitrogens with zero attached hydrogens (tertiary/aromatic N) is 1. The minimum absolute atomic E-state index is 0.0843. The first kappa shape index (κ1) is 20.5. The number of hydrogen-bond acceptors (Lipinski definition) is 6. The summed E-state index contributed by atoms with van der Waals surface area (Å²) in [5.74, 6) is 0.968. The van der Waals surface area contributed by atoms with Crippen molar-refractivity contribution in [2.75, 3.05) is 32.3 Å². The molecule has 0 atom stereocenters. The van der Waals surface area contributed by atoms with Crippen molar-refractivity contribution < 1.29 is 27.4 Å². The van der Waals surface area contributed by atoms with Gasteiger partial charge < -0.3 is 19.5 Å². The van der Waals surface area contributed by atoms with Gasteiger partial charge in [0.1, 0.15) is 5.75 Å². The van der Waals surface area contributed by atoms with Gasteiger partial charge in [-0.05, 0) is 43.2 Å². The monoisotopic (exact) mass is 432 g/mol. The van der Waals surface area contributed by atoms with Gasteiger partial charge in [0.15, 0.2) is 11.5 Å². The van der Waals surface area contributed by atoms with E-state index in [4.69, 9.17) is 14.2 Å². The first-order chi connectivity index (χ1) is 14.5. The highest BCUT2D eigenvalue weighted by molar-refractivity contribution is 7.89.